The molecule has 2 amide bonds. The van der Waals surface area contributed by atoms with E-state index in [0.29, 0.717) is 34.4 Å². The minimum Gasteiger partial charge on any atom is -0.497 e. The van der Waals surface area contributed by atoms with Crippen molar-refractivity contribution in [1.29, 1.82) is 0 Å². The molecule has 4 aromatic rings. The van der Waals surface area contributed by atoms with Gasteiger partial charge in [0.25, 0.3) is 5.91 Å². The maximum Gasteiger partial charge on any atom is 0.257 e. The molecule has 8 nitrogen and oxygen atoms in total. The first kappa shape index (κ1) is 24.0. The molecule has 9 heteroatoms. The minimum atomic E-state index is -0.322. The van der Waals surface area contributed by atoms with Gasteiger partial charge in [0, 0.05) is 5.69 Å². The number of carbonyl (C=O) groups is 2. The zero-order valence-electron chi connectivity index (χ0n) is 19.4. The fourth-order valence-corrected chi connectivity index (χ4v) is 4.18. The molecular weight excluding hydrogens is 462 g/mol. The molecule has 0 aliphatic heterocycles. The molecule has 3 aromatic carbocycles. The number of para-hydroxylation sites is 1. The standard InChI is InChI=1S/C26H25N5O3S/c1-18-29-30-26(31(18)16-19-8-4-3-5-9-19)35-17-24(32)28-23-11-7-6-10-22(23)25(33)27-20-12-14-21(34-2)15-13-20/h3-15H,16-17H2,1-2H3,(H,27,33)(H,28,32). The minimum absolute atomic E-state index is 0.126. The number of aromatic nitrogens is 3. The van der Waals surface area contributed by atoms with Crippen LogP contribution in [0.4, 0.5) is 11.4 Å². The highest BCUT2D eigenvalue weighted by molar-refractivity contribution is 7.99. The molecule has 35 heavy (non-hydrogen) atoms. The number of hydrogen-bond donors (Lipinski definition) is 2. The Morgan fingerprint density at radius 2 is 1.63 bits per heavy atom. The lowest BCUT2D eigenvalue weighted by Crippen LogP contribution is -2.19. The number of nitrogens with one attached hydrogen (secondary N) is 2. The summed E-state index contributed by atoms with van der Waals surface area (Å²) in [6.07, 6.45) is 0. The highest BCUT2D eigenvalue weighted by atomic mass is 32.2. The number of carbonyl (C=O) groups excluding carboxylic acids is 2. The highest BCUT2D eigenvalue weighted by Crippen LogP contribution is 2.22. The van der Waals surface area contributed by atoms with Gasteiger partial charge >= 0.3 is 0 Å². The van der Waals surface area contributed by atoms with Gasteiger partial charge in [0.1, 0.15) is 11.6 Å². The number of thioether (sulfide) groups is 1. The number of nitrogens with zero attached hydrogens (tertiary/aromatic N) is 3. The molecule has 0 spiro atoms. The molecule has 0 saturated heterocycles. The van der Waals surface area contributed by atoms with E-state index in [0.717, 1.165) is 11.4 Å². The predicted molar refractivity (Wildman–Crippen MR) is 137 cm³/mol. The number of hydrogen-bond acceptors (Lipinski definition) is 6. The quantitative estimate of drug-likeness (QED) is 0.334. The van der Waals surface area contributed by atoms with Gasteiger partial charge in [0.2, 0.25) is 5.91 Å². The Kier molecular flexibility index (Phi) is 7.79. The molecule has 0 fully saturated rings. The van der Waals surface area contributed by atoms with Crippen molar-refractivity contribution in [2.75, 3.05) is 23.5 Å². The maximum atomic E-state index is 12.9. The van der Waals surface area contributed by atoms with Gasteiger partial charge in [0.15, 0.2) is 5.16 Å². The molecule has 4 rings (SSSR count). The summed E-state index contributed by atoms with van der Waals surface area (Å²) in [5.74, 6) is 1.03. The molecule has 1 heterocycles. The predicted octanol–water partition coefficient (Wildman–Crippen LogP) is 4.63. The summed E-state index contributed by atoms with van der Waals surface area (Å²) in [5.41, 5.74) is 2.55. The van der Waals surface area contributed by atoms with Gasteiger partial charge in [-0.3, -0.25) is 9.59 Å². The van der Waals surface area contributed by atoms with E-state index < -0.39 is 0 Å². The largest absolute Gasteiger partial charge is 0.497 e. The van der Waals surface area contributed by atoms with Crippen LogP contribution in [-0.2, 0) is 11.3 Å². The monoisotopic (exact) mass is 487 g/mol. The zero-order chi connectivity index (χ0) is 24.6. The molecule has 0 aliphatic carbocycles. The lowest BCUT2D eigenvalue weighted by molar-refractivity contribution is -0.113. The molecule has 0 saturated carbocycles. The number of ether oxygens (including phenoxy) is 1. The van der Waals surface area contributed by atoms with Crippen molar-refractivity contribution in [1.82, 2.24) is 14.8 Å². The Morgan fingerprint density at radius 3 is 2.37 bits per heavy atom. The van der Waals surface area contributed by atoms with E-state index in [9.17, 15) is 9.59 Å². The van der Waals surface area contributed by atoms with Crippen LogP contribution in [-0.4, -0.2) is 39.4 Å². The van der Waals surface area contributed by atoms with Crippen LogP contribution in [0.2, 0.25) is 0 Å². The Labute approximate surface area is 207 Å². The average Bonchev–Trinajstić information content (AvgIpc) is 3.23. The summed E-state index contributed by atoms with van der Waals surface area (Å²) in [4.78, 5) is 25.6. The topological polar surface area (TPSA) is 98.1 Å². The normalized spacial score (nSPS) is 10.6. The first-order chi connectivity index (χ1) is 17.0. The van der Waals surface area contributed by atoms with Gasteiger partial charge in [-0.25, -0.2) is 0 Å². The SMILES string of the molecule is COc1ccc(NC(=O)c2ccccc2NC(=O)CSc2nnc(C)n2Cc2ccccc2)cc1. The Morgan fingerprint density at radius 1 is 0.914 bits per heavy atom. The van der Waals surface area contributed by atoms with E-state index in [1.807, 2.05) is 41.8 Å². The second kappa shape index (κ2) is 11.3. The van der Waals surface area contributed by atoms with Crippen molar-refractivity contribution in [3.63, 3.8) is 0 Å². The molecule has 1 aromatic heterocycles. The van der Waals surface area contributed by atoms with E-state index >= 15 is 0 Å². The molecule has 178 valence electrons. The molecule has 0 atom stereocenters. The summed E-state index contributed by atoms with van der Waals surface area (Å²) in [6.45, 7) is 2.51. The first-order valence-corrected chi connectivity index (χ1v) is 11.9. The van der Waals surface area contributed by atoms with Crippen molar-refractivity contribution in [3.05, 3.63) is 95.8 Å². The van der Waals surface area contributed by atoms with Crippen LogP contribution < -0.4 is 15.4 Å². The Bertz CT molecular complexity index is 1310. The lowest BCUT2D eigenvalue weighted by Gasteiger charge is -2.12. The zero-order valence-corrected chi connectivity index (χ0v) is 20.2. The van der Waals surface area contributed by atoms with Gasteiger partial charge < -0.3 is 19.9 Å². The molecule has 0 radical (unpaired) electrons. The van der Waals surface area contributed by atoms with Gasteiger partial charge in [-0.2, -0.15) is 0 Å². The fourth-order valence-electron chi connectivity index (χ4n) is 3.40. The molecule has 0 bridgehead atoms. The van der Waals surface area contributed by atoms with Crippen LogP contribution in [0, 0.1) is 6.92 Å². The van der Waals surface area contributed by atoms with Crippen LogP contribution in [0.1, 0.15) is 21.7 Å². The summed E-state index contributed by atoms with van der Waals surface area (Å²) in [7, 11) is 1.58. The Hall–Kier alpha value is -4.11. The molecule has 0 aliphatic rings. The highest BCUT2D eigenvalue weighted by Gasteiger charge is 2.16. The van der Waals surface area contributed by atoms with Crippen LogP contribution >= 0.6 is 11.8 Å². The number of anilines is 2. The van der Waals surface area contributed by atoms with Crippen molar-refractivity contribution >= 4 is 35.0 Å². The maximum absolute atomic E-state index is 12.9. The second-order valence-corrected chi connectivity index (χ2v) is 8.61. The van der Waals surface area contributed by atoms with E-state index in [1.54, 1.807) is 55.6 Å². The second-order valence-electron chi connectivity index (χ2n) is 7.67. The van der Waals surface area contributed by atoms with Crippen LogP contribution in [0.25, 0.3) is 0 Å². The number of aryl methyl sites for hydroxylation is 1. The summed E-state index contributed by atoms with van der Waals surface area (Å²) in [5, 5.41) is 14.7. The van der Waals surface area contributed by atoms with Crippen LogP contribution in [0.15, 0.2) is 84.0 Å². The average molecular weight is 488 g/mol. The third-order valence-electron chi connectivity index (χ3n) is 5.21. The summed E-state index contributed by atoms with van der Waals surface area (Å²) < 4.78 is 7.12. The van der Waals surface area contributed by atoms with Gasteiger partial charge in [-0.15, -0.1) is 10.2 Å². The van der Waals surface area contributed by atoms with E-state index in [2.05, 4.69) is 20.8 Å². The van der Waals surface area contributed by atoms with Gasteiger partial charge in [-0.05, 0) is 48.9 Å². The third-order valence-corrected chi connectivity index (χ3v) is 6.18. The molecular formula is C26H25N5O3S. The van der Waals surface area contributed by atoms with Crippen molar-refractivity contribution < 1.29 is 14.3 Å². The first-order valence-electron chi connectivity index (χ1n) is 10.9. The van der Waals surface area contributed by atoms with Gasteiger partial charge in [0.05, 0.1) is 30.7 Å². The number of benzene rings is 3. The summed E-state index contributed by atoms with van der Waals surface area (Å²) >= 11 is 1.30. The van der Waals surface area contributed by atoms with Gasteiger partial charge in [-0.1, -0.05) is 54.2 Å². The van der Waals surface area contributed by atoms with Crippen molar-refractivity contribution in [3.8, 4) is 5.75 Å². The number of amides is 2. The van der Waals surface area contributed by atoms with Crippen molar-refractivity contribution in [2.45, 2.75) is 18.6 Å². The fraction of sp³-hybridized carbons (Fsp3) is 0.154. The third kappa shape index (κ3) is 6.27. The van der Waals surface area contributed by atoms with E-state index in [-0.39, 0.29) is 17.6 Å². The smallest absolute Gasteiger partial charge is 0.257 e. The molecule has 0 unspecified atom stereocenters. The van der Waals surface area contributed by atoms with Crippen LogP contribution in [0.5, 0.6) is 5.75 Å². The summed E-state index contributed by atoms with van der Waals surface area (Å²) in [6, 6.07) is 23.9. The number of rotatable bonds is 9. The lowest BCUT2D eigenvalue weighted by atomic mass is 10.1. The van der Waals surface area contributed by atoms with Crippen LogP contribution in [0.3, 0.4) is 0 Å². The molecule has 2 N–H and O–H groups in total. The number of methoxy groups -OCH3 is 1. The van der Waals surface area contributed by atoms with Crippen molar-refractivity contribution in [2.24, 2.45) is 0 Å². The Balaban J connectivity index is 1.39. The van der Waals surface area contributed by atoms with E-state index in [4.69, 9.17) is 4.74 Å². The van der Waals surface area contributed by atoms with E-state index in [1.165, 1.54) is 11.8 Å².